The van der Waals surface area contributed by atoms with E-state index in [1.807, 2.05) is 0 Å². The highest BCUT2D eigenvalue weighted by molar-refractivity contribution is 5.77. The third kappa shape index (κ3) is 4.99. The van der Waals surface area contributed by atoms with E-state index in [-0.39, 0.29) is 18.4 Å². The van der Waals surface area contributed by atoms with Crippen LogP contribution in [0.25, 0.3) is 0 Å². The number of aromatic nitrogens is 2. The molecular weight excluding hydrogens is 246 g/mol. The van der Waals surface area contributed by atoms with Crippen LogP contribution >= 0.6 is 0 Å². The first-order valence-corrected chi connectivity index (χ1v) is 6.47. The van der Waals surface area contributed by atoms with Crippen LogP contribution in [0.2, 0.25) is 0 Å². The molecule has 7 heteroatoms. The number of nitrogens with two attached hydrogens (primary N) is 1. The van der Waals surface area contributed by atoms with Crippen LogP contribution in [0.15, 0.2) is 12.4 Å². The van der Waals surface area contributed by atoms with Gasteiger partial charge in [-0.1, -0.05) is 0 Å². The molecule has 2 rings (SSSR count). The lowest BCUT2D eigenvalue weighted by molar-refractivity contribution is -0.123. The van der Waals surface area contributed by atoms with Crippen LogP contribution < -0.4 is 16.4 Å². The van der Waals surface area contributed by atoms with E-state index in [0.29, 0.717) is 31.1 Å². The summed E-state index contributed by atoms with van der Waals surface area (Å²) in [5, 5.41) is 9.57. The van der Waals surface area contributed by atoms with Crippen LogP contribution in [0.1, 0.15) is 25.7 Å². The standard InChI is InChI=1S/C12H19N5O2/c13-9-6-15-17(7-9)8-12(19)14-5-1-2-11(18)16-10-3-4-10/h6-7,10H,1-5,8,13H2,(H,14,19)(H,16,18). The Labute approximate surface area is 111 Å². The molecule has 1 fully saturated rings. The van der Waals surface area contributed by atoms with Crippen molar-refractivity contribution in [2.45, 2.75) is 38.3 Å². The van der Waals surface area contributed by atoms with E-state index in [4.69, 9.17) is 5.73 Å². The van der Waals surface area contributed by atoms with E-state index in [1.165, 1.54) is 10.9 Å². The molecule has 1 aliphatic carbocycles. The summed E-state index contributed by atoms with van der Waals surface area (Å²) in [7, 11) is 0. The van der Waals surface area contributed by atoms with Crippen molar-refractivity contribution >= 4 is 17.5 Å². The van der Waals surface area contributed by atoms with Gasteiger partial charge in [-0.2, -0.15) is 5.10 Å². The van der Waals surface area contributed by atoms with Gasteiger partial charge in [0.2, 0.25) is 11.8 Å². The van der Waals surface area contributed by atoms with Crippen molar-refractivity contribution in [1.29, 1.82) is 0 Å². The molecule has 0 bridgehead atoms. The van der Waals surface area contributed by atoms with Crippen molar-refractivity contribution < 1.29 is 9.59 Å². The molecule has 19 heavy (non-hydrogen) atoms. The van der Waals surface area contributed by atoms with Gasteiger partial charge < -0.3 is 16.4 Å². The van der Waals surface area contributed by atoms with Crippen molar-refractivity contribution in [2.75, 3.05) is 12.3 Å². The van der Waals surface area contributed by atoms with E-state index in [1.54, 1.807) is 6.20 Å². The third-order valence-electron chi connectivity index (χ3n) is 2.80. The summed E-state index contributed by atoms with van der Waals surface area (Å²) in [6.07, 6.45) is 6.38. The minimum absolute atomic E-state index is 0.0663. The van der Waals surface area contributed by atoms with Crippen molar-refractivity contribution in [3.05, 3.63) is 12.4 Å². The molecule has 2 amide bonds. The minimum atomic E-state index is -0.134. The average Bonchev–Trinajstić information content (AvgIpc) is 3.07. The zero-order valence-electron chi connectivity index (χ0n) is 10.8. The summed E-state index contributed by atoms with van der Waals surface area (Å²) < 4.78 is 1.48. The highest BCUT2D eigenvalue weighted by atomic mass is 16.2. The molecule has 1 saturated carbocycles. The second-order valence-electron chi connectivity index (χ2n) is 4.77. The number of carbonyl (C=O) groups is 2. The van der Waals surface area contributed by atoms with E-state index < -0.39 is 0 Å². The van der Waals surface area contributed by atoms with Gasteiger partial charge in [0.15, 0.2) is 0 Å². The average molecular weight is 265 g/mol. The number of amides is 2. The molecule has 1 aromatic rings. The van der Waals surface area contributed by atoms with Gasteiger partial charge in [-0.05, 0) is 19.3 Å². The fourth-order valence-electron chi connectivity index (χ4n) is 1.67. The highest BCUT2D eigenvalue weighted by Crippen LogP contribution is 2.18. The SMILES string of the molecule is Nc1cnn(CC(=O)NCCCC(=O)NC2CC2)c1. The Morgan fingerprint density at radius 3 is 2.84 bits per heavy atom. The molecule has 0 aliphatic heterocycles. The lowest BCUT2D eigenvalue weighted by Gasteiger charge is -2.06. The van der Waals surface area contributed by atoms with E-state index in [0.717, 1.165) is 12.8 Å². The molecule has 1 aromatic heterocycles. The first-order valence-electron chi connectivity index (χ1n) is 6.47. The van der Waals surface area contributed by atoms with Crippen LogP contribution in [0, 0.1) is 0 Å². The van der Waals surface area contributed by atoms with Crippen molar-refractivity contribution in [3.63, 3.8) is 0 Å². The summed E-state index contributed by atoms with van der Waals surface area (Å²) in [6.45, 7) is 0.638. The molecule has 4 N–H and O–H groups in total. The highest BCUT2D eigenvalue weighted by Gasteiger charge is 2.22. The monoisotopic (exact) mass is 265 g/mol. The van der Waals surface area contributed by atoms with E-state index in [9.17, 15) is 9.59 Å². The normalized spacial score (nSPS) is 14.1. The molecule has 0 saturated heterocycles. The molecule has 1 heterocycles. The maximum Gasteiger partial charge on any atom is 0.241 e. The fourth-order valence-corrected chi connectivity index (χ4v) is 1.67. The Balaban J connectivity index is 1.54. The van der Waals surface area contributed by atoms with Crippen molar-refractivity contribution in [1.82, 2.24) is 20.4 Å². The van der Waals surface area contributed by atoms with Gasteiger partial charge in [0.05, 0.1) is 11.9 Å². The summed E-state index contributed by atoms with van der Waals surface area (Å²) in [5.74, 6) is -0.0673. The quantitative estimate of drug-likeness (QED) is 0.586. The Morgan fingerprint density at radius 1 is 1.42 bits per heavy atom. The van der Waals surface area contributed by atoms with Gasteiger partial charge in [0.25, 0.3) is 0 Å². The van der Waals surface area contributed by atoms with Crippen LogP contribution in [0.4, 0.5) is 5.69 Å². The van der Waals surface area contributed by atoms with Crippen LogP contribution in [-0.2, 0) is 16.1 Å². The number of hydrogen-bond donors (Lipinski definition) is 3. The van der Waals surface area contributed by atoms with E-state index in [2.05, 4.69) is 15.7 Å². The maximum atomic E-state index is 11.5. The Kier molecular flexibility index (Phi) is 4.38. The number of nitrogens with zero attached hydrogens (tertiary/aromatic N) is 2. The predicted molar refractivity (Wildman–Crippen MR) is 70.0 cm³/mol. The maximum absolute atomic E-state index is 11.5. The van der Waals surface area contributed by atoms with Gasteiger partial charge >= 0.3 is 0 Å². The molecule has 0 atom stereocenters. The lowest BCUT2D eigenvalue weighted by Crippen LogP contribution is -2.30. The molecule has 0 spiro atoms. The number of nitrogen functional groups attached to an aromatic ring is 1. The smallest absolute Gasteiger partial charge is 0.241 e. The zero-order valence-corrected chi connectivity index (χ0v) is 10.8. The van der Waals surface area contributed by atoms with Gasteiger partial charge in [-0.25, -0.2) is 0 Å². The summed E-state index contributed by atoms with van der Waals surface area (Å²) in [4.78, 5) is 22.9. The molecule has 104 valence electrons. The van der Waals surface area contributed by atoms with Gasteiger partial charge in [0.1, 0.15) is 6.54 Å². The summed E-state index contributed by atoms with van der Waals surface area (Å²) in [5.41, 5.74) is 6.03. The lowest BCUT2D eigenvalue weighted by atomic mass is 10.3. The van der Waals surface area contributed by atoms with Gasteiger partial charge in [-0.15, -0.1) is 0 Å². The van der Waals surface area contributed by atoms with Gasteiger partial charge in [0, 0.05) is 25.2 Å². The number of hydrogen-bond acceptors (Lipinski definition) is 4. The molecule has 0 radical (unpaired) electrons. The number of rotatable bonds is 7. The second kappa shape index (κ2) is 6.21. The molecule has 0 aromatic carbocycles. The minimum Gasteiger partial charge on any atom is -0.396 e. The summed E-state index contributed by atoms with van der Waals surface area (Å²) >= 11 is 0. The molecule has 7 nitrogen and oxygen atoms in total. The van der Waals surface area contributed by atoms with E-state index >= 15 is 0 Å². The summed E-state index contributed by atoms with van der Waals surface area (Å²) in [6, 6.07) is 0.396. The fraction of sp³-hybridized carbons (Fsp3) is 0.583. The van der Waals surface area contributed by atoms with Crippen LogP contribution in [-0.4, -0.2) is 34.2 Å². The first-order chi connectivity index (χ1) is 9.13. The number of carbonyl (C=O) groups excluding carboxylic acids is 2. The topological polar surface area (TPSA) is 102 Å². The van der Waals surface area contributed by atoms with Gasteiger partial charge in [-0.3, -0.25) is 14.3 Å². The molecular formula is C12H19N5O2. The Morgan fingerprint density at radius 2 is 2.21 bits per heavy atom. The Hall–Kier alpha value is -2.05. The largest absolute Gasteiger partial charge is 0.396 e. The Bertz CT molecular complexity index is 453. The number of anilines is 1. The third-order valence-corrected chi connectivity index (χ3v) is 2.80. The second-order valence-corrected chi connectivity index (χ2v) is 4.77. The first kappa shape index (κ1) is 13.4. The molecule has 0 unspecified atom stereocenters. The predicted octanol–water partition coefficient (Wildman–Crippen LogP) is -0.360. The molecule has 1 aliphatic rings. The van der Waals surface area contributed by atoms with Crippen molar-refractivity contribution in [3.8, 4) is 0 Å². The van der Waals surface area contributed by atoms with Crippen LogP contribution in [0.3, 0.4) is 0 Å². The van der Waals surface area contributed by atoms with Crippen molar-refractivity contribution in [2.24, 2.45) is 0 Å². The van der Waals surface area contributed by atoms with Crippen LogP contribution in [0.5, 0.6) is 0 Å². The number of nitrogens with one attached hydrogen (secondary N) is 2. The zero-order chi connectivity index (χ0) is 13.7.